The summed E-state index contributed by atoms with van der Waals surface area (Å²) in [5.74, 6) is 0.683. The molecule has 1 aliphatic rings. The molecule has 0 unspecified atom stereocenters. The number of nitrogens with zero attached hydrogens (tertiary/aromatic N) is 2. The molecular weight excluding hydrogens is 363 g/mol. The monoisotopic (exact) mass is 378 g/mol. The van der Waals surface area contributed by atoms with Crippen molar-refractivity contribution in [3.8, 4) is 0 Å². The van der Waals surface area contributed by atoms with Gasteiger partial charge in [0.2, 0.25) is 0 Å². The zero-order valence-corrected chi connectivity index (χ0v) is 14.2. The van der Waals surface area contributed by atoms with E-state index in [0.717, 1.165) is 43.6 Å². The molecule has 0 N–H and O–H groups in total. The number of benzene rings is 1. The Bertz CT molecular complexity index is 484. The number of alkyl halides is 1. The van der Waals surface area contributed by atoms with Gasteiger partial charge >= 0.3 is 0 Å². The third-order valence-corrected chi connectivity index (χ3v) is 4.84. The molecule has 1 fully saturated rings. The van der Waals surface area contributed by atoms with Crippen LogP contribution in [0.2, 0.25) is 5.02 Å². The Kier molecular flexibility index (Phi) is 6.15. The largest absolute Gasteiger partial charge is 0.337 e. The summed E-state index contributed by atoms with van der Waals surface area (Å²) in [7, 11) is 0. The fraction of sp³-hybridized carbons (Fsp3) is 0.500. The summed E-state index contributed by atoms with van der Waals surface area (Å²) >= 11 is 15.2. The minimum absolute atomic E-state index is 0.0483. The maximum absolute atomic E-state index is 12.5. The van der Waals surface area contributed by atoms with Gasteiger partial charge in [-0.3, -0.25) is 4.79 Å². The van der Waals surface area contributed by atoms with Crippen LogP contribution in [0.25, 0.3) is 0 Å². The molecule has 1 saturated heterocycles. The lowest BCUT2D eigenvalue weighted by Gasteiger charge is -2.21. The van der Waals surface area contributed by atoms with Crippen LogP contribution in [0.1, 0.15) is 16.8 Å². The third-order valence-electron chi connectivity index (χ3n) is 3.44. The molecule has 110 valence electrons. The van der Waals surface area contributed by atoms with Crippen molar-refractivity contribution < 1.29 is 4.79 Å². The molecule has 3 nitrogen and oxygen atoms in total. The summed E-state index contributed by atoms with van der Waals surface area (Å²) in [6, 6.07) is 5.34. The van der Waals surface area contributed by atoms with E-state index in [0.29, 0.717) is 16.5 Å². The second kappa shape index (κ2) is 7.64. The molecule has 20 heavy (non-hydrogen) atoms. The molecule has 0 atom stereocenters. The predicted molar refractivity (Wildman–Crippen MR) is 86.8 cm³/mol. The van der Waals surface area contributed by atoms with Gasteiger partial charge in [0.15, 0.2) is 0 Å². The van der Waals surface area contributed by atoms with E-state index in [1.807, 2.05) is 11.0 Å². The van der Waals surface area contributed by atoms with Crippen LogP contribution in [-0.4, -0.2) is 54.3 Å². The molecule has 0 aliphatic carbocycles. The average Bonchev–Trinajstić information content (AvgIpc) is 2.67. The Balaban J connectivity index is 2.03. The van der Waals surface area contributed by atoms with Gasteiger partial charge in [0.1, 0.15) is 0 Å². The van der Waals surface area contributed by atoms with Crippen molar-refractivity contribution in [2.45, 2.75) is 6.42 Å². The van der Waals surface area contributed by atoms with Crippen LogP contribution in [-0.2, 0) is 0 Å². The van der Waals surface area contributed by atoms with Crippen molar-refractivity contribution in [3.63, 3.8) is 0 Å². The summed E-state index contributed by atoms with van der Waals surface area (Å²) in [5, 5.41) is 0.564. The fourth-order valence-corrected chi connectivity index (χ4v) is 3.00. The highest BCUT2D eigenvalue weighted by atomic mass is 79.9. The van der Waals surface area contributed by atoms with E-state index in [1.54, 1.807) is 12.1 Å². The van der Waals surface area contributed by atoms with Gasteiger partial charge in [-0.1, -0.05) is 11.6 Å². The van der Waals surface area contributed by atoms with E-state index >= 15 is 0 Å². The summed E-state index contributed by atoms with van der Waals surface area (Å²) in [6.07, 6.45) is 0.979. The highest BCUT2D eigenvalue weighted by Gasteiger charge is 2.20. The Morgan fingerprint density at radius 3 is 2.75 bits per heavy atom. The Hall–Kier alpha value is -0.290. The van der Waals surface area contributed by atoms with Crippen molar-refractivity contribution in [2.75, 3.05) is 38.6 Å². The highest BCUT2D eigenvalue weighted by Crippen LogP contribution is 2.24. The van der Waals surface area contributed by atoms with E-state index in [1.165, 1.54) is 0 Å². The predicted octanol–water partition coefficient (Wildman–Crippen LogP) is 3.49. The second-order valence-electron chi connectivity index (χ2n) is 4.81. The van der Waals surface area contributed by atoms with Crippen LogP contribution < -0.4 is 0 Å². The highest BCUT2D eigenvalue weighted by molar-refractivity contribution is 9.10. The molecular formula is C14H17BrCl2N2O. The number of amides is 1. The SMILES string of the molecule is O=C(c1ccc(Br)c(Cl)c1)N1CCCN(CCCl)CC1. The van der Waals surface area contributed by atoms with Gasteiger partial charge in [0.25, 0.3) is 5.91 Å². The van der Waals surface area contributed by atoms with Crippen molar-refractivity contribution in [1.29, 1.82) is 0 Å². The topological polar surface area (TPSA) is 23.6 Å². The Morgan fingerprint density at radius 1 is 1.25 bits per heavy atom. The van der Waals surface area contributed by atoms with E-state index < -0.39 is 0 Å². The Labute approximate surface area is 138 Å². The first-order chi connectivity index (χ1) is 9.61. The van der Waals surface area contributed by atoms with Gasteiger partial charge in [-0.2, -0.15) is 0 Å². The quantitative estimate of drug-likeness (QED) is 0.750. The molecule has 0 bridgehead atoms. The maximum Gasteiger partial charge on any atom is 0.253 e. The maximum atomic E-state index is 12.5. The zero-order valence-electron chi connectivity index (χ0n) is 11.1. The van der Waals surface area contributed by atoms with E-state index in [4.69, 9.17) is 23.2 Å². The molecule has 0 saturated carbocycles. The van der Waals surface area contributed by atoms with Crippen LogP contribution >= 0.6 is 39.1 Å². The van der Waals surface area contributed by atoms with Crippen LogP contribution in [0.15, 0.2) is 22.7 Å². The Morgan fingerprint density at radius 2 is 2.05 bits per heavy atom. The van der Waals surface area contributed by atoms with Crippen LogP contribution in [0.5, 0.6) is 0 Å². The second-order valence-corrected chi connectivity index (χ2v) is 6.44. The molecule has 2 rings (SSSR count). The molecule has 1 aromatic carbocycles. The minimum atomic E-state index is 0.0483. The smallest absolute Gasteiger partial charge is 0.253 e. The van der Waals surface area contributed by atoms with Crippen molar-refractivity contribution in [2.24, 2.45) is 0 Å². The first-order valence-corrected chi connectivity index (χ1v) is 8.35. The molecule has 1 aliphatic heterocycles. The third kappa shape index (κ3) is 4.10. The summed E-state index contributed by atoms with van der Waals surface area (Å²) in [4.78, 5) is 16.7. The molecule has 1 aromatic rings. The summed E-state index contributed by atoms with van der Waals surface area (Å²) in [6.45, 7) is 4.28. The summed E-state index contributed by atoms with van der Waals surface area (Å²) < 4.78 is 0.805. The van der Waals surface area contributed by atoms with Gasteiger partial charge in [-0.25, -0.2) is 0 Å². The van der Waals surface area contributed by atoms with Gasteiger partial charge in [-0.05, 0) is 47.1 Å². The number of hydrogen-bond acceptors (Lipinski definition) is 2. The normalized spacial score (nSPS) is 17.1. The van der Waals surface area contributed by atoms with Crippen LogP contribution in [0, 0.1) is 0 Å². The van der Waals surface area contributed by atoms with E-state index in [9.17, 15) is 4.79 Å². The molecule has 1 heterocycles. The molecule has 0 aromatic heterocycles. The lowest BCUT2D eigenvalue weighted by Crippen LogP contribution is -2.35. The number of hydrogen-bond donors (Lipinski definition) is 0. The number of rotatable bonds is 3. The molecule has 6 heteroatoms. The summed E-state index contributed by atoms with van der Waals surface area (Å²) in [5.41, 5.74) is 0.643. The van der Waals surface area contributed by atoms with E-state index in [-0.39, 0.29) is 5.91 Å². The standard InChI is InChI=1S/C14H17BrCl2N2O/c15-12-3-2-11(10-13(12)17)14(20)19-6-1-5-18(7-4-16)8-9-19/h2-3,10H,1,4-9H2. The van der Waals surface area contributed by atoms with Crippen LogP contribution in [0.4, 0.5) is 0 Å². The lowest BCUT2D eigenvalue weighted by molar-refractivity contribution is 0.0762. The van der Waals surface area contributed by atoms with Gasteiger partial charge in [0, 0.05) is 42.1 Å². The average molecular weight is 380 g/mol. The van der Waals surface area contributed by atoms with Crippen molar-refractivity contribution >= 4 is 45.0 Å². The lowest BCUT2D eigenvalue weighted by atomic mass is 10.2. The van der Waals surface area contributed by atoms with Crippen molar-refractivity contribution in [3.05, 3.63) is 33.3 Å². The van der Waals surface area contributed by atoms with Gasteiger partial charge in [0.05, 0.1) is 5.02 Å². The zero-order chi connectivity index (χ0) is 14.5. The molecule has 1 amide bonds. The molecule has 0 spiro atoms. The molecule has 0 radical (unpaired) electrons. The van der Waals surface area contributed by atoms with Gasteiger partial charge < -0.3 is 9.80 Å². The fourth-order valence-electron chi connectivity index (χ4n) is 2.33. The number of carbonyl (C=O) groups excluding carboxylic acids is 1. The minimum Gasteiger partial charge on any atom is -0.337 e. The number of carbonyl (C=O) groups is 1. The van der Waals surface area contributed by atoms with E-state index in [2.05, 4.69) is 20.8 Å². The number of halogens is 3. The van der Waals surface area contributed by atoms with Gasteiger partial charge in [-0.15, -0.1) is 11.6 Å². The first-order valence-electron chi connectivity index (χ1n) is 6.64. The first kappa shape index (κ1) is 16.1. The van der Waals surface area contributed by atoms with Crippen molar-refractivity contribution in [1.82, 2.24) is 9.80 Å². The van der Waals surface area contributed by atoms with Crippen LogP contribution in [0.3, 0.4) is 0 Å².